The van der Waals surface area contributed by atoms with E-state index < -0.39 is 6.10 Å². The monoisotopic (exact) mass is 491 g/mol. The molecule has 4 nitrogen and oxygen atoms in total. The lowest BCUT2D eigenvalue weighted by Crippen LogP contribution is -2.44. The van der Waals surface area contributed by atoms with Gasteiger partial charge in [0.05, 0.1) is 18.8 Å². The van der Waals surface area contributed by atoms with Crippen LogP contribution in [-0.4, -0.2) is 40.4 Å². The summed E-state index contributed by atoms with van der Waals surface area (Å²) in [6, 6.07) is 6.38. The maximum Gasteiger partial charge on any atom is 0.0982 e. The molecule has 0 bridgehead atoms. The average Bonchev–Trinajstić information content (AvgIpc) is 2.93. The smallest absolute Gasteiger partial charge is 0.0982 e. The second kappa shape index (κ2) is 7.95. The van der Waals surface area contributed by atoms with E-state index in [1.165, 1.54) is 26.6 Å². The van der Waals surface area contributed by atoms with Gasteiger partial charge in [-0.3, -0.25) is 5.32 Å². The molecule has 1 aliphatic heterocycles. The van der Waals surface area contributed by atoms with Gasteiger partial charge in [-0.2, -0.15) is 0 Å². The lowest BCUT2D eigenvalue weighted by Gasteiger charge is -2.28. The minimum absolute atomic E-state index is 0.120. The van der Waals surface area contributed by atoms with E-state index in [2.05, 4.69) is 77.0 Å². The molecule has 2 heterocycles. The summed E-state index contributed by atoms with van der Waals surface area (Å²) in [7, 11) is 2.03. The molecule has 27 heavy (non-hydrogen) atoms. The lowest BCUT2D eigenvalue weighted by atomic mass is 10.0. The fraction of sp³-hybridized carbons (Fsp3) is 0.333. The Kier molecular flexibility index (Phi) is 5.60. The Labute approximate surface area is 176 Å². The number of allylic oxidation sites excluding steroid dienone is 3. The van der Waals surface area contributed by atoms with Crippen LogP contribution in [0.4, 0.5) is 0 Å². The van der Waals surface area contributed by atoms with Gasteiger partial charge < -0.3 is 14.6 Å². The first-order chi connectivity index (χ1) is 13.0. The Morgan fingerprint density at radius 1 is 1.26 bits per heavy atom. The molecule has 2 unspecified atom stereocenters. The Hall–Kier alpha value is -1.34. The number of aliphatic hydroxyl groups is 1. The molecule has 6 heteroatoms. The lowest BCUT2D eigenvalue weighted by molar-refractivity contribution is 0.141. The summed E-state index contributed by atoms with van der Waals surface area (Å²) in [5.41, 5.74) is 3.76. The molecule has 4 rings (SSSR count). The quantitative estimate of drug-likeness (QED) is 0.650. The van der Waals surface area contributed by atoms with Crippen molar-refractivity contribution in [2.75, 3.05) is 13.6 Å². The van der Waals surface area contributed by atoms with Gasteiger partial charge in [0.1, 0.15) is 0 Å². The van der Waals surface area contributed by atoms with Gasteiger partial charge in [-0.25, -0.2) is 0 Å². The summed E-state index contributed by atoms with van der Waals surface area (Å²) in [5, 5.41) is 15.4. The standard InChI is InChI=1S/C21H23Br2N3O/c1-25-9-3-2-4-21(25)24-12-16(27)13-26-19-7-5-14(22)10-17(19)18-11-15(23)6-8-20(18)26/h2-5,7,9-11,16,21,24,27H,6,8,12-13H2,1H3. The Morgan fingerprint density at radius 2 is 2.11 bits per heavy atom. The third-order valence-electron chi connectivity index (χ3n) is 5.20. The van der Waals surface area contributed by atoms with Gasteiger partial charge in [0, 0.05) is 46.4 Å². The summed E-state index contributed by atoms with van der Waals surface area (Å²) in [4.78, 5) is 2.10. The van der Waals surface area contributed by atoms with Crippen LogP contribution in [-0.2, 0) is 13.0 Å². The number of fused-ring (bicyclic) bond motifs is 3. The average molecular weight is 493 g/mol. The first-order valence-corrected chi connectivity index (χ1v) is 10.8. The van der Waals surface area contributed by atoms with E-state index in [1.807, 2.05) is 25.4 Å². The van der Waals surface area contributed by atoms with Gasteiger partial charge in [0.25, 0.3) is 0 Å². The molecule has 2 aliphatic rings. The third-order valence-corrected chi connectivity index (χ3v) is 6.32. The van der Waals surface area contributed by atoms with E-state index >= 15 is 0 Å². The second-order valence-electron chi connectivity index (χ2n) is 7.12. The van der Waals surface area contributed by atoms with Crippen molar-refractivity contribution < 1.29 is 5.11 Å². The van der Waals surface area contributed by atoms with Crippen LogP contribution in [0.5, 0.6) is 0 Å². The van der Waals surface area contributed by atoms with E-state index in [0.29, 0.717) is 13.1 Å². The number of halogens is 2. The molecular formula is C21H23Br2N3O. The zero-order valence-electron chi connectivity index (χ0n) is 15.2. The van der Waals surface area contributed by atoms with Crippen LogP contribution in [0, 0.1) is 0 Å². The highest BCUT2D eigenvalue weighted by Crippen LogP contribution is 2.36. The number of rotatable bonds is 5. The Balaban J connectivity index is 1.57. The van der Waals surface area contributed by atoms with Crippen molar-refractivity contribution in [3.05, 3.63) is 62.8 Å². The summed E-state index contributed by atoms with van der Waals surface area (Å²) in [6.07, 6.45) is 12.0. The maximum atomic E-state index is 10.7. The molecule has 1 aromatic carbocycles. The summed E-state index contributed by atoms with van der Waals surface area (Å²) < 4.78 is 4.60. The number of hydrogen-bond donors (Lipinski definition) is 2. The highest BCUT2D eigenvalue weighted by Gasteiger charge is 2.21. The minimum atomic E-state index is -0.463. The van der Waals surface area contributed by atoms with Gasteiger partial charge in [-0.1, -0.05) is 37.9 Å². The summed E-state index contributed by atoms with van der Waals surface area (Å²) >= 11 is 7.25. The summed E-state index contributed by atoms with van der Waals surface area (Å²) in [6.45, 7) is 1.12. The highest BCUT2D eigenvalue weighted by atomic mass is 79.9. The second-order valence-corrected chi connectivity index (χ2v) is 9.06. The van der Waals surface area contributed by atoms with Gasteiger partial charge in [-0.05, 0) is 53.8 Å². The third kappa shape index (κ3) is 3.94. The van der Waals surface area contributed by atoms with Crippen molar-refractivity contribution in [3.8, 4) is 0 Å². The molecule has 142 valence electrons. The number of nitrogens with zero attached hydrogens (tertiary/aromatic N) is 2. The number of likely N-dealkylation sites (N-methyl/N-ethyl adjacent to an activating group) is 1. The van der Waals surface area contributed by atoms with Crippen LogP contribution >= 0.6 is 31.9 Å². The van der Waals surface area contributed by atoms with Crippen LogP contribution in [0.2, 0.25) is 0 Å². The predicted molar refractivity (Wildman–Crippen MR) is 119 cm³/mol. The van der Waals surface area contributed by atoms with E-state index in [4.69, 9.17) is 0 Å². The predicted octanol–water partition coefficient (Wildman–Crippen LogP) is 4.38. The molecule has 2 atom stereocenters. The van der Waals surface area contributed by atoms with Crippen LogP contribution in [0.3, 0.4) is 0 Å². The molecule has 0 radical (unpaired) electrons. The number of aliphatic hydroxyl groups excluding tert-OH is 1. The molecule has 1 aliphatic carbocycles. The van der Waals surface area contributed by atoms with Crippen molar-refractivity contribution in [2.24, 2.45) is 0 Å². The van der Waals surface area contributed by atoms with E-state index in [9.17, 15) is 5.11 Å². The SMILES string of the molecule is CN1C=CC=CC1NCC(O)Cn1c2c(c3cc(Br)ccc31)C=C(Br)CC2. The Bertz CT molecular complexity index is 945. The number of hydrogen-bond acceptors (Lipinski definition) is 3. The fourth-order valence-corrected chi connectivity index (χ4v) is 4.63. The van der Waals surface area contributed by atoms with E-state index in [0.717, 1.165) is 17.3 Å². The van der Waals surface area contributed by atoms with Crippen molar-refractivity contribution in [1.29, 1.82) is 0 Å². The number of benzene rings is 1. The van der Waals surface area contributed by atoms with Crippen molar-refractivity contribution in [2.45, 2.75) is 31.7 Å². The molecule has 0 amide bonds. The molecule has 1 aromatic heterocycles. The minimum Gasteiger partial charge on any atom is -0.390 e. The first kappa shape index (κ1) is 19.0. The molecule has 0 spiro atoms. The van der Waals surface area contributed by atoms with Gasteiger partial charge in [-0.15, -0.1) is 0 Å². The Morgan fingerprint density at radius 3 is 2.93 bits per heavy atom. The molecule has 0 saturated heterocycles. The molecule has 0 fully saturated rings. The van der Waals surface area contributed by atoms with Crippen LogP contribution in [0.15, 0.2) is 51.6 Å². The van der Waals surface area contributed by atoms with Crippen molar-refractivity contribution in [3.63, 3.8) is 0 Å². The topological polar surface area (TPSA) is 40.4 Å². The van der Waals surface area contributed by atoms with Crippen LogP contribution in [0.1, 0.15) is 17.7 Å². The number of aromatic nitrogens is 1. The van der Waals surface area contributed by atoms with E-state index in [1.54, 1.807) is 0 Å². The molecular weight excluding hydrogens is 470 g/mol. The van der Waals surface area contributed by atoms with Crippen LogP contribution < -0.4 is 5.32 Å². The highest BCUT2D eigenvalue weighted by molar-refractivity contribution is 9.11. The fourth-order valence-electron chi connectivity index (χ4n) is 3.84. The van der Waals surface area contributed by atoms with Gasteiger partial charge >= 0.3 is 0 Å². The van der Waals surface area contributed by atoms with Crippen molar-refractivity contribution in [1.82, 2.24) is 14.8 Å². The zero-order valence-corrected chi connectivity index (χ0v) is 18.4. The molecule has 0 saturated carbocycles. The number of nitrogens with one attached hydrogen (secondary N) is 1. The molecule has 2 N–H and O–H groups in total. The zero-order chi connectivity index (χ0) is 19.0. The van der Waals surface area contributed by atoms with E-state index in [-0.39, 0.29) is 6.17 Å². The maximum absolute atomic E-state index is 10.7. The largest absolute Gasteiger partial charge is 0.390 e. The normalized spacial score (nSPS) is 20.1. The first-order valence-electron chi connectivity index (χ1n) is 9.18. The van der Waals surface area contributed by atoms with Crippen LogP contribution in [0.25, 0.3) is 17.0 Å². The van der Waals surface area contributed by atoms with Gasteiger partial charge in [0.15, 0.2) is 0 Å². The van der Waals surface area contributed by atoms with Gasteiger partial charge in [0.2, 0.25) is 0 Å². The summed E-state index contributed by atoms with van der Waals surface area (Å²) in [5.74, 6) is 0. The van der Waals surface area contributed by atoms with Crippen molar-refractivity contribution >= 4 is 48.8 Å². The molecule has 2 aromatic rings.